The van der Waals surface area contributed by atoms with Crippen molar-refractivity contribution < 1.29 is 28.2 Å². The molecule has 1 unspecified atom stereocenters. The second-order valence-electron chi connectivity index (χ2n) is 7.73. The molecule has 0 heterocycles. The summed E-state index contributed by atoms with van der Waals surface area (Å²) in [5.74, 6) is 0.0978. The van der Waals surface area contributed by atoms with E-state index in [0.717, 1.165) is 5.56 Å². The molecule has 1 rings (SSSR count). The molecule has 0 spiro atoms. The second kappa shape index (κ2) is 11.0. The molecule has 152 valence electrons. The Kier molecular flexibility index (Phi) is 9.38. The van der Waals surface area contributed by atoms with Crippen LogP contribution in [0.1, 0.15) is 46.6 Å². The van der Waals surface area contributed by atoms with E-state index in [9.17, 15) is 14.0 Å². The Morgan fingerprint density at radius 1 is 1.15 bits per heavy atom. The topological polar surface area (TPSA) is 73.9 Å². The van der Waals surface area contributed by atoms with E-state index < -0.39 is 29.9 Å². The summed E-state index contributed by atoms with van der Waals surface area (Å²) in [4.78, 5) is 23.5. The van der Waals surface area contributed by atoms with Gasteiger partial charge in [0.05, 0.1) is 12.6 Å². The highest BCUT2D eigenvalue weighted by Crippen LogP contribution is 2.15. The van der Waals surface area contributed by atoms with Crippen molar-refractivity contribution in [3.63, 3.8) is 0 Å². The molecule has 1 aromatic carbocycles. The van der Waals surface area contributed by atoms with Crippen LogP contribution in [0, 0.1) is 5.92 Å². The zero-order chi connectivity index (χ0) is 20.4. The molecule has 0 saturated carbocycles. The third-order valence-corrected chi connectivity index (χ3v) is 3.46. The van der Waals surface area contributed by atoms with Gasteiger partial charge < -0.3 is 19.5 Å². The van der Waals surface area contributed by atoms with Crippen molar-refractivity contribution in [2.45, 2.75) is 65.4 Å². The Bertz CT molecular complexity index is 586. The number of benzene rings is 1. The summed E-state index contributed by atoms with van der Waals surface area (Å²) in [7, 11) is 0. The van der Waals surface area contributed by atoms with E-state index >= 15 is 0 Å². The van der Waals surface area contributed by atoms with Crippen molar-refractivity contribution in [1.29, 1.82) is 0 Å². The van der Waals surface area contributed by atoms with Crippen LogP contribution in [0.15, 0.2) is 30.3 Å². The normalized spacial score (nSPS) is 13.9. The van der Waals surface area contributed by atoms with Crippen LogP contribution in [0.3, 0.4) is 0 Å². The smallest absolute Gasteiger partial charge is 0.407 e. The van der Waals surface area contributed by atoms with E-state index in [2.05, 4.69) is 5.32 Å². The van der Waals surface area contributed by atoms with Crippen molar-refractivity contribution >= 4 is 12.1 Å². The largest absolute Gasteiger partial charge is 0.444 e. The van der Waals surface area contributed by atoms with Gasteiger partial charge in [0, 0.05) is 0 Å². The average molecular weight is 383 g/mol. The summed E-state index contributed by atoms with van der Waals surface area (Å²) >= 11 is 0. The molecule has 1 amide bonds. The van der Waals surface area contributed by atoms with Crippen molar-refractivity contribution in [3.05, 3.63) is 35.9 Å². The van der Waals surface area contributed by atoms with Gasteiger partial charge >= 0.3 is 12.1 Å². The number of carbonyl (C=O) groups is 2. The quantitative estimate of drug-likeness (QED) is 0.376. The maximum atomic E-state index is 13.6. The third-order valence-electron chi connectivity index (χ3n) is 3.46. The van der Waals surface area contributed by atoms with Gasteiger partial charge in [0.1, 0.15) is 12.4 Å². The number of hydrogen-bond acceptors (Lipinski definition) is 5. The highest BCUT2D eigenvalue weighted by Gasteiger charge is 2.32. The summed E-state index contributed by atoms with van der Waals surface area (Å²) in [5, 5.41) is 2.54. The maximum Gasteiger partial charge on any atom is 0.407 e. The van der Waals surface area contributed by atoms with Gasteiger partial charge in [0.15, 0.2) is 6.10 Å². The fraction of sp³-hybridized carbons (Fsp3) is 0.600. The van der Waals surface area contributed by atoms with Gasteiger partial charge in [-0.05, 0) is 38.7 Å². The summed E-state index contributed by atoms with van der Waals surface area (Å²) in [6.45, 7) is 8.94. The number of amides is 1. The lowest BCUT2D eigenvalue weighted by Crippen LogP contribution is -2.49. The maximum absolute atomic E-state index is 13.6. The first-order valence-electron chi connectivity index (χ1n) is 9.00. The molecule has 0 saturated heterocycles. The Balaban J connectivity index is 2.65. The molecule has 27 heavy (non-hydrogen) atoms. The SMILES string of the molecule is CC(C)C[C@@H](NC(=O)OC(C)(C)C)C(OCOCc1ccccc1)C(=O)F. The molecule has 0 bridgehead atoms. The summed E-state index contributed by atoms with van der Waals surface area (Å²) in [5.41, 5.74) is 0.219. The minimum absolute atomic E-state index is 0.0978. The third kappa shape index (κ3) is 10.1. The van der Waals surface area contributed by atoms with Crippen LogP contribution in [-0.2, 0) is 25.6 Å². The number of carbonyl (C=O) groups excluding carboxylic acids is 2. The van der Waals surface area contributed by atoms with Crippen LogP contribution < -0.4 is 5.32 Å². The molecule has 0 aromatic heterocycles. The predicted molar refractivity (Wildman–Crippen MR) is 99.7 cm³/mol. The zero-order valence-electron chi connectivity index (χ0n) is 16.7. The molecule has 6 nitrogen and oxygen atoms in total. The molecule has 0 aliphatic heterocycles. The molecule has 1 N–H and O–H groups in total. The van der Waals surface area contributed by atoms with Gasteiger partial charge in [-0.2, -0.15) is 4.39 Å². The number of halogens is 1. The number of ether oxygens (including phenoxy) is 3. The lowest BCUT2D eigenvalue weighted by atomic mass is 9.99. The lowest BCUT2D eigenvalue weighted by Gasteiger charge is -2.28. The van der Waals surface area contributed by atoms with E-state index in [-0.39, 0.29) is 19.3 Å². The van der Waals surface area contributed by atoms with Crippen LogP contribution in [0.25, 0.3) is 0 Å². The van der Waals surface area contributed by atoms with Crippen LogP contribution in [0.2, 0.25) is 0 Å². The first-order chi connectivity index (χ1) is 12.6. The second-order valence-corrected chi connectivity index (χ2v) is 7.73. The molecular formula is C20H30FNO5. The molecule has 0 radical (unpaired) electrons. The minimum atomic E-state index is -1.67. The summed E-state index contributed by atoms with van der Waals surface area (Å²) in [6, 6.07) is 6.86. The highest BCUT2D eigenvalue weighted by molar-refractivity contribution is 5.76. The van der Waals surface area contributed by atoms with Crippen LogP contribution in [-0.4, -0.2) is 36.7 Å². The summed E-state index contributed by atoms with van der Waals surface area (Å²) in [6.07, 6.45) is -1.85. The van der Waals surface area contributed by atoms with E-state index in [1.54, 1.807) is 20.8 Å². The first kappa shape index (κ1) is 23.0. The predicted octanol–water partition coefficient (Wildman–Crippen LogP) is 3.98. The number of nitrogens with one attached hydrogen (secondary N) is 1. The molecule has 0 aliphatic rings. The fourth-order valence-electron chi connectivity index (χ4n) is 2.42. The van der Waals surface area contributed by atoms with Crippen LogP contribution in [0.5, 0.6) is 0 Å². The molecule has 0 fully saturated rings. The van der Waals surface area contributed by atoms with E-state index in [0.29, 0.717) is 6.42 Å². The Hall–Kier alpha value is -1.99. The van der Waals surface area contributed by atoms with Crippen molar-refractivity contribution in [2.75, 3.05) is 6.79 Å². The average Bonchev–Trinajstić information content (AvgIpc) is 2.52. The van der Waals surface area contributed by atoms with Gasteiger partial charge in [0.2, 0.25) is 0 Å². The number of alkyl carbamates (subject to hydrolysis) is 1. The zero-order valence-corrected chi connectivity index (χ0v) is 16.7. The van der Waals surface area contributed by atoms with Gasteiger partial charge in [-0.15, -0.1) is 0 Å². The standard InChI is InChI=1S/C20H30FNO5/c1-14(2)11-16(22-19(24)27-20(3,4)5)17(18(21)23)26-13-25-12-15-9-7-6-8-10-15/h6-10,14,16-17H,11-13H2,1-5H3,(H,22,24)/t16-,17?/m1/s1. The van der Waals surface area contributed by atoms with Gasteiger partial charge in [-0.3, -0.25) is 4.79 Å². The van der Waals surface area contributed by atoms with E-state index in [1.807, 2.05) is 44.2 Å². The van der Waals surface area contributed by atoms with Crippen LogP contribution >= 0.6 is 0 Å². The first-order valence-corrected chi connectivity index (χ1v) is 9.00. The van der Waals surface area contributed by atoms with Crippen molar-refractivity contribution in [3.8, 4) is 0 Å². The monoisotopic (exact) mass is 383 g/mol. The molecule has 7 heteroatoms. The molecular weight excluding hydrogens is 353 g/mol. The number of hydrogen-bond donors (Lipinski definition) is 1. The fourth-order valence-corrected chi connectivity index (χ4v) is 2.42. The molecule has 1 aromatic rings. The van der Waals surface area contributed by atoms with E-state index in [4.69, 9.17) is 14.2 Å². The number of rotatable bonds is 10. The highest BCUT2D eigenvalue weighted by atomic mass is 19.1. The minimum Gasteiger partial charge on any atom is -0.444 e. The van der Waals surface area contributed by atoms with Gasteiger partial charge in [-0.25, -0.2) is 4.79 Å². The van der Waals surface area contributed by atoms with Crippen molar-refractivity contribution in [1.82, 2.24) is 5.32 Å². The van der Waals surface area contributed by atoms with Crippen LogP contribution in [0.4, 0.5) is 9.18 Å². The van der Waals surface area contributed by atoms with Gasteiger partial charge in [0.25, 0.3) is 0 Å². The lowest BCUT2D eigenvalue weighted by molar-refractivity contribution is -0.158. The Morgan fingerprint density at radius 3 is 2.30 bits per heavy atom. The Labute approximate surface area is 160 Å². The van der Waals surface area contributed by atoms with Crippen molar-refractivity contribution in [2.24, 2.45) is 5.92 Å². The summed E-state index contributed by atoms with van der Waals surface area (Å²) < 4.78 is 29.4. The Morgan fingerprint density at radius 2 is 1.78 bits per heavy atom. The van der Waals surface area contributed by atoms with Gasteiger partial charge in [-0.1, -0.05) is 44.2 Å². The van der Waals surface area contributed by atoms with E-state index in [1.165, 1.54) is 0 Å². The molecule has 2 atom stereocenters. The molecule has 0 aliphatic carbocycles.